The fourth-order valence-corrected chi connectivity index (χ4v) is 1.09. The Morgan fingerprint density at radius 1 is 1.33 bits per heavy atom. The average molecular weight is 229 g/mol. The summed E-state index contributed by atoms with van der Waals surface area (Å²) in [7, 11) is 0. The summed E-state index contributed by atoms with van der Waals surface area (Å²) in [6.45, 7) is 0. The number of hydrogen-bond donors (Lipinski definition) is 0. The van der Waals surface area contributed by atoms with Crippen molar-refractivity contribution in [2.24, 2.45) is 0 Å². The van der Waals surface area contributed by atoms with E-state index >= 15 is 0 Å². The average Bonchev–Trinajstić information content (AvgIpc) is 1.77. The summed E-state index contributed by atoms with van der Waals surface area (Å²) in [5, 5.41) is 0. The predicted octanol–water partition coefficient (Wildman–Crippen LogP) is -0.506. The fraction of sp³-hybridized carbons (Fsp3) is 0.333. The van der Waals surface area contributed by atoms with E-state index in [0.29, 0.717) is 0 Å². The van der Waals surface area contributed by atoms with Gasteiger partial charge in [-0.2, -0.15) is 4.91 Å². The van der Waals surface area contributed by atoms with Crippen molar-refractivity contribution in [3.05, 3.63) is 21.5 Å². The summed E-state index contributed by atoms with van der Waals surface area (Å²) in [5.74, 6) is 0. The van der Waals surface area contributed by atoms with Crippen LogP contribution in [0.15, 0.2) is 21.5 Å². The van der Waals surface area contributed by atoms with E-state index in [2.05, 4.69) is 15.9 Å². The Hall–Kier alpha value is 1.82. The van der Waals surface area contributed by atoms with Crippen molar-refractivity contribution in [2.75, 3.05) is 0 Å². The maximum atomic E-state index is 4.94. The van der Waals surface area contributed by atoms with Gasteiger partial charge in [0.2, 0.25) is 0 Å². The molecule has 0 aromatic carbocycles. The largest absolute Gasteiger partial charge is 1.00 e. The SMILES string of the molecule is [K+].[S-]C1=CC=C(Br)CC1. The van der Waals surface area contributed by atoms with Crippen LogP contribution in [-0.4, -0.2) is 0 Å². The van der Waals surface area contributed by atoms with Crippen molar-refractivity contribution in [1.82, 2.24) is 0 Å². The Labute approximate surface area is 112 Å². The molecular formula is C6H6BrKS. The first-order chi connectivity index (χ1) is 3.79. The Morgan fingerprint density at radius 3 is 2.33 bits per heavy atom. The number of hydrogen-bond acceptors (Lipinski definition) is 1. The summed E-state index contributed by atoms with van der Waals surface area (Å²) >= 11 is 8.32. The minimum absolute atomic E-state index is 0. The molecule has 1 rings (SSSR count). The van der Waals surface area contributed by atoms with E-state index in [1.54, 1.807) is 0 Å². The zero-order valence-electron chi connectivity index (χ0n) is 5.36. The van der Waals surface area contributed by atoms with Crippen molar-refractivity contribution in [3.63, 3.8) is 0 Å². The first-order valence-electron chi connectivity index (χ1n) is 2.51. The van der Waals surface area contributed by atoms with Crippen LogP contribution in [0.25, 0.3) is 0 Å². The number of rotatable bonds is 0. The van der Waals surface area contributed by atoms with E-state index in [-0.39, 0.29) is 51.4 Å². The van der Waals surface area contributed by atoms with Crippen molar-refractivity contribution in [1.29, 1.82) is 0 Å². The summed E-state index contributed by atoms with van der Waals surface area (Å²) in [6.07, 6.45) is 6.11. The van der Waals surface area contributed by atoms with Gasteiger partial charge in [0.1, 0.15) is 0 Å². The Balaban J connectivity index is 0.000000640. The van der Waals surface area contributed by atoms with Crippen LogP contribution >= 0.6 is 15.9 Å². The minimum Gasteiger partial charge on any atom is -0.784 e. The zero-order valence-corrected chi connectivity index (χ0v) is 10.9. The van der Waals surface area contributed by atoms with Gasteiger partial charge in [0.05, 0.1) is 0 Å². The molecule has 0 radical (unpaired) electrons. The predicted molar refractivity (Wildman–Crippen MR) is 41.7 cm³/mol. The summed E-state index contributed by atoms with van der Waals surface area (Å²) in [4.78, 5) is 1.06. The van der Waals surface area contributed by atoms with Gasteiger partial charge in [-0.05, 0) is 17.3 Å². The standard InChI is InChI=1S/C6H7BrS.K/c7-5-1-3-6(8)4-2-5;/h1,3,8H,2,4H2;/q;+1/p-1. The van der Waals surface area contributed by atoms with E-state index in [1.807, 2.05) is 12.2 Å². The molecule has 0 N–H and O–H groups in total. The molecule has 0 spiro atoms. The van der Waals surface area contributed by atoms with Gasteiger partial charge in [-0.15, -0.1) is 0 Å². The van der Waals surface area contributed by atoms with Crippen LogP contribution in [-0.2, 0) is 12.6 Å². The topological polar surface area (TPSA) is 0 Å². The van der Waals surface area contributed by atoms with Crippen molar-refractivity contribution in [2.45, 2.75) is 12.8 Å². The Kier molecular flexibility index (Phi) is 6.57. The third kappa shape index (κ3) is 4.30. The maximum Gasteiger partial charge on any atom is 1.00 e. The quantitative estimate of drug-likeness (QED) is 0.398. The van der Waals surface area contributed by atoms with E-state index in [4.69, 9.17) is 12.6 Å². The molecule has 0 heterocycles. The van der Waals surface area contributed by atoms with E-state index in [1.165, 1.54) is 4.48 Å². The third-order valence-corrected chi connectivity index (χ3v) is 2.06. The molecule has 9 heavy (non-hydrogen) atoms. The van der Waals surface area contributed by atoms with Crippen LogP contribution in [0.4, 0.5) is 0 Å². The van der Waals surface area contributed by atoms with Gasteiger partial charge in [-0.3, -0.25) is 0 Å². The Bertz CT molecular complexity index is 133. The van der Waals surface area contributed by atoms with Crippen molar-refractivity contribution in [3.8, 4) is 0 Å². The first kappa shape index (κ1) is 10.8. The summed E-state index contributed by atoms with van der Waals surface area (Å²) < 4.78 is 1.26. The molecule has 1 aliphatic rings. The molecule has 0 amide bonds. The second-order valence-electron chi connectivity index (χ2n) is 1.75. The van der Waals surface area contributed by atoms with Crippen molar-refractivity contribution < 1.29 is 51.4 Å². The van der Waals surface area contributed by atoms with Crippen LogP contribution in [0.2, 0.25) is 0 Å². The minimum atomic E-state index is 0. The summed E-state index contributed by atoms with van der Waals surface area (Å²) in [6, 6.07) is 0. The van der Waals surface area contributed by atoms with Crippen LogP contribution < -0.4 is 51.4 Å². The van der Waals surface area contributed by atoms with E-state index < -0.39 is 0 Å². The molecule has 3 heteroatoms. The summed E-state index contributed by atoms with van der Waals surface area (Å²) in [5.41, 5.74) is 0. The molecule has 0 atom stereocenters. The van der Waals surface area contributed by atoms with Crippen LogP contribution in [0.1, 0.15) is 12.8 Å². The van der Waals surface area contributed by atoms with Gasteiger partial charge in [0.25, 0.3) is 0 Å². The molecule has 0 aromatic heterocycles. The fourth-order valence-electron chi connectivity index (χ4n) is 0.593. The van der Waals surface area contributed by atoms with Gasteiger partial charge in [-0.1, -0.05) is 28.1 Å². The zero-order chi connectivity index (χ0) is 5.98. The molecule has 0 aromatic rings. The Morgan fingerprint density at radius 2 is 2.00 bits per heavy atom. The van der Waals surface area contributed by atoms with Crippen LogP contribution in [0.5, 0.6) is 0 Å². The molecule has 0 saturated carbocycles. The molecule has 0 nitrogen and oxygen atoms in total. The van der Waals surface area contributed by atoms with Gasteiger partial charge in [0.15, 0.2) is 0 Å². The van der Waals surface area contributed by atoms with Gasteiger partial charge in [-0.25, -0.2) is 0 Å². The van der Waals surface area contributed by atoms with E-state index in [9.17, 15) is 0 Å². The second kappa shape index (κ2) is 5.46. The molecule has 44 valence electrons. The van der Waals surface area contributed by atoms with Gasteiger partial charge >= 0.3 is 51.4 Å². The molecule has 0 saturated heterocycles. The van der Waals surface area contributed by atoms with Crippen LogP contribution in [0.3, 0.4) is 0 Å². The molecule has 0 bridgehead atoms. The van der Waals surface area contributed by atoms with Crippen molar-refractivity contribution >= 4 is 28.6 Å². The maximum absolute atomic E-state index is 4.94. The van der Waals surface area contributed by atoms with Gasteiger partial charge in [0, 0.05) is 0 Å². The molecular weight excluding hydrogens is 223 g/mol. The molecule has 0 fully saturated rings. The number of halogens is 1. The smallest absolute Gasteiger partial charge is 0.784 e. The third-order valence-electron chi connectivity index (χ3n) is 1.06. The molecule has 1 aliphatic carbocycles. The molecule has 0 aliphatic heterocycles. The molecule has 0 unspecified atom stereocenters. The van der Waals surface area contributed by atoms with E-state index in [0.717, 1.165) is 17.7 Å². The first-order valence-corrected chi connectivity index (χ1v) is 3.71. The number of allylic oxidation sites excluding steroid dienone is 4. The van der Waals surface area contributed by atoms with Crippen LogP contribution in [0, 0.1) is 0 Å². The van der Waals surface area contributed by atoms with Gasteiger partial charge < -0.3 is 12.6 Å². The second-order valence-corrected chi connectivity index (χ2v) is 3.29. The normalized spacial score (nSPS) is 17.4. The monoisotopic (exact) mass is 228 g/mol.